The van der Waals surface area contributed by atoms with Crippen LogP contribution in [-0.4, -0.2) is 13.7 Å². The van der Waals surface area contributed by atoms with E-state index in [4.69, 9.17) is 9.47 Å². The lowest BCUT2D eigenvalue weighted by Crippen LogP contribution is -2.02. The summed E-state index contributed by atoms with van der Waals surface area (Å²) >= 11 is 3.41. The van der Waals surface area contributed by atoms with E-state index in [-0.39, 0.29) is 0 Å². The zero-order valence-corrected chi connectivity index (χ0v) is 8.80. The lowest BCUT2D eigenvalue weighted by Gasteiger charge is -2.15. The van der Waals surface area contributed by atoms with Crippen LogP contribution in [0.15, 0.2) is 22.7 Å². The fraction of sp³-hybridized carbons (Fsp3) is 0.200. The number of halogens is 1. The van der Waals surface area contributed by atoms with Gasteiger partial charge in [-0.05, 0) is 18.2 Å². The standard InChI is InChI=1S/C10H9BrO2/c1-12-9-6-8(11)5-7-3-2-4-13-10(7)9/h2-3,5-6H,4H2,1H3. The highest BCUT2D eigenvalue weighted by Crippen LogP contribution is 2.37. The third-order valence-electron chi connectivity index (χ3n) is 1.89. The first-order valence-electron chi connectivity index (χ1n) is 3.98. The second-order valence-electron chi connectivity index (χ2n) is 2.74. The van der Waals surface area contributed by atoms with Gasteiger partial charge in [0.05, 0.1) is 7.11 Å². The molecule has 0 spiro atoms. The minimum Gasteiger partial charge on any atom is -0.493 e. The van der Waals surface area contributed by atoms with Gasteiger partial charge < -0.3 is 9.47 Å². The van der Waals surface area contributed by atoms with Crippen molar-refractivity contribution in [3.05, 3.63) is 28.2 Å². The first kappa shape index (κ1) is 8.63. The summed E-state index contributed by atoms with van der Waals surface area (Å²) in [6.07, 6.45) is 4.01. The Morgan fingerprint density at radius 2 is 2.31 bits per heavy atom. The number of ether oxygens (including phenoxy) is 2. The number of rotatable bonds is 1. The largest absolute Gasteiger partial charge is 0.493 e. The third-order valence-corrected chi connectivity index (χ3v) is 2.35. The smallest absolute Gasteiger partial charge is 0.168 e. The fourth-order valence-electron chi connectivity index (χ4n) is 1.33. The van der Waals surface area contributed by atoms with Crippen LogP contribution in [0.5, 0.6) is 11.5 Å². The molecule has 0 saturated carbocycles. The molecule has 13 heavy (non-hydrogen) atoms. The van der Waals surface area contributed by atoms with Gasteiger partial charge in [-0.2, -0.15) is 0 Å². The van der Waals surface area contributed by atoms with Gasteiger partial charge in [-0.25, -0.2) is 0 Å². The molecule has 0 amide bonds. The summed E-state index contributed by atoms with van der Waals surface area (Å²) in [4.78, 5) is 0. The molecule has 3 heteroatoms. The van der Waals surface area contributed by atoms with E-state index in [1.54, 1.807) is 7.11 Å². The van der Waals surface area contributed by atoms with Crippen LogP contribution in [0.1, 0.15) is 5.56 Å². The second kappa shape index (κ2) is 3.42. The topological polar surface area (TPSA) is 18.5 Å². The molecule has 0 N–H and O–H groups in total. The molecule has 1 aromatic rings. The lowest BCUT2D eigenvalue weighted by molar-refractivity contribution is 0.322. The van der Waals surface area contributed by atoms with Crippen LogP contribution in [-0.2, 0) is 0 Å². The highest BCUT2D eigenvalue weighted by molar-refractivity contribution is 9.10. The molecule has 1 aliphatic rings. The van der Waals surface area contributed by atoms with Crippen molar-refractivity contribution in [2.75, 3.05) is 13.7 Å². The zero-order valence-electron chi connectivity index (χ0n) is 7.21. The highest BCUT2D eigenvalue weighted by atomic mass is 79.9. The quantitative estimate of drug-likeness (QED) is 0.752. The highest BCUT2D eigenvalue weighted by Gasteiger charge is 2.12. The Balaban J connectivity index is 2.58. The molecule has 0 bridgehead atoms. The van der Waals surface area contributed by atoms with Crippen molar-refractivity contribution >= 4 is 22.0 Å². The lowest BCUT2D eigenvalue weighted by atomic mass is 10.1. The molecule has 0 fully saturated rings. The monoisotopic (exact) mass is 240 g/mol. The van der Waals surface area contributed by atoms with E-state index in [1.165, 1.54) is 0 Å². The first-order valence-corrected chi connectivity index (χ1v) is 4.77. The van der Waals surface area contributed by atoms with Crippen molar-refractivity contribution in [3.8, 4) is 11.5 Å². The molecule has 68 valence electrons. The van der Waals surface area contributed by atoms with Gasteiger partial charge in [-0.15, -0.1) is 0 Å². The Bertz CT molecular complexity index is 358. The molecular weight excluding hydrogens is 232 g/mol. The summed E-state index contributed by atoms with van der Waals surface area (Å²) in [5.41, 5.74) is 1.05. The van der Waals surface area contributed by atoms with Crippen molar-refractivity contribution in [1.29, 1.82) is 0 Å². The maximum atomic E-state index is 5.47. The molecule has 2 nitrogen and oxygen atoms in total. The van der Waals surface area contributed by atoms with E-state index >= 15 is 0 Å². The molecule has 1 heterocycles. The Kier molecular flexibility index (Phi) is 2.27. The van der Waals surface area contributed by atoms with Gasteiger partial charge in [-0.1, -0.05) is 22.0 Å². The molecule has 0 radical (unpaired) electrons. The minimum absolute atomic E-state index is 0.616. The van der Waals surface area contributed by atoms with Gasteiger partial charge in [0.25, 0.3) is 0 Å². The van der Waals surface area contributed by atoms with Gasteiger partial charge in [0.2, 0.25) is 0 Å². The normalized spacial score (nSPS) is 13.4. The first-order chi connectivity index (χ1) is 6.31. The molecule has 0 unspecified atom stereocenters. The van der Waals surface area contributed by atoms with Gasteiger partial charge >= 0.3 is 0 Å². The fourth-order valence-corrected chi connectivity index (χ4v) is 1.78. The van der Waals surface area contributed by atoms with E-state index in [0.29, 0.717) is 6.61 Å². The number of fused-ring (bicyclic) bond motifs is 1. The summed E-state index contributed by atoms with van der Waals surface area (Å²) in [7, 11) is 1.64. The second-order valence-corrected chi connectivity index (χ2v) is 3.66. The number of hydrogen-bond acceptors (Lipinski definition) is 2. The Labute approximate surface area is 85.3 Å². The predicted octanol–water partition coefficient (Wildman–Crippen LogP) is 2.86. The maximum absolute atomic E-state index is 5.47. The van der Waals surface area contributed by atoms with Gasteiger partial charge in [0.1, 0.15) is 6.61 Å². The van der Waals surface area contributed by atoms with Crippen LogP contribution in [0.2, 0.25) is 0 Å². The van der Waals surface area contributed by atoms with Gasteiger partial charge in [-0.3, -0.25) is 0 Å². The Morgan fingerprint density at radius 3 is 3.08 bits per heavy atom. The summed E-state index contributed by atoms with van der Waals surface area (Å²) in [6.45, 7) is 0.616. The van der Waals surface area contributed by atoms with Crippen LogP contribution in [0.3, 0.4) is 0 Å². The predicted molar refractivity (Wildman–Crippen MR) is 55.2 cm³/mol. The Hall–Kier alpha value is -0.960. The molecule has 0 aromatic heterocycles. The van der Waals surface area contributed by atoms with Gasteiger partial charge in [0.15, 0.2) is 11.5 Å². The van der Waals surface area contributed by atoms with Crippen LogP contribution in [0, 0.1) is 0 Å². The molecule has 0 atom stereocenters. The number of methoxy groups -OCH3 is 1. The maximum Gasteiger partial charge on any atom is 0.168 e. The summed E-state index contributed by atoms with van der Waals surface area (Å²) in [5.74, 6) is 1.60. The summed E-state index contributed by atoms with van der Waals surface area (Å²) in [5, 5.41) is 0. The van der Waals surface area contributed by atoms with Crippen molar-refractivity contribution in [3.63, 3.8) is 0 Å². The van der Waals surface area contributed by atoms with E-state index in [2.05, 4.69) is 15.9 Å². The van der Waals surface area contributed by atoms with E-state index < -0.39 is 0 Å². The summed E-state index contributed by atoms with van der Waals surface area (Å²) < 4.78 is 11.7. The van der Waals surface area contributed by atoms with Crippen LogP contribution in [0.4, 0.5) is 0 Å². The molecule has 0 aliphatic carbocycles. The van der Waals surface area contributed by atoms with Gasteiger partial charge in [0, 0.05) is 10.0 Å². The van der Waals surface area contributed by atoms with Crippen molar-refractivity contribution in [2.45, 2.75) is 0 Å². The molecule has 1 aromatic carbocycles. The average Bonchev–Trinajstić information content (AvgIpc) is 2.16. The van der Waals surface area contributed by atoms with Crippen LogP contribution >= 0.6 is 15.9 Å². The van der Waals surface area contributed by atoms with Crippen molar-refractivity contribution in [2.24, 2.45) is 0 Å². The number of benzene rings is 1. The van der Waals surface area contributed by atoms with E-state index in [1.807, 2.05) is 24.3 Å². The Morgan fingerprint density at radius 1 is 1.46 bits per heavy atom. The van der Waals surface area contributed by atoms with Crippen molar-refractivity contribution in [1.82, 2.24) is 0 Å². The van der Waals surface area contributed by atoms with E-state index in [0.717, 1.165) is 21.5 Å². The zero-order chi connectivity index (χ0) is 9.26. The molecular formula is C10H9BrO2. The molecule has 0 saturated heterocycles. The molecule has 2 rings (SSSR count). The van der Waals surface area contributed by atoms with Crippen LogP contribution in [0.25, 0.3) is 6.08 Å². The average molecular weight is 241 g/mol. The third kappa shape index (κ3) is 1.56. The van der Waals surface area contributed by atoms with Crippen LogP contribution < -0.4 is 9.47 Å². The molecule has 1 aliphatic heterocycles. The SMILES string of the molecule is COc1cc(Br)cc2c1OCC=C2. The minimum atomic E-state index is 0.616. The van der Waals surface area contributed by atoms with E-state index in [9.17, 15) is 0 Å². The summed E-state index contributed by atoms with van der Waals surface area (Å²) in [6, 6.07) is 3.91. The van der Waals surface area contributed by atoms with Crippen molar-refractivity contribution < 1.29 is 9.47 Å². The number of hydrogen-bond donors (Lipinski definition) is 0.